The molecule has 2 aliphatic rings. The lowest BCUT2D eigenvalue weighted by Gasteiger charge is -2.42. The van der Waals surface area contributed by atoms with Gasteiger partial charge in [0.2, 0.25) is 0 Å². The summed E-state index contributed by atoms with van der Waals surface area (Å²) >= 11 is 0. The molecular formula is C17H33NO3. The second-order valence-electron chi connectivity index (χ2n) is 7.29. The van der Waals surface area contributed by atoms with E-state index >= 15 is 0 Å². The summed E-state index contributed by atoms with van der Waals surface area (Å²) in [7, 11) is 0. The second-order valence-corrected chi connectivity index (χ2v) is 7.29. The van der Waals surface area contributed by atoms with Gasteiger partial charge in [0.05, 0.1) is 6.10 Å². The molecule has 1 aliphatic heterocycles. The van der Waals surface area contributed by atoms with E-state index in [1.165, 1.54) is 0 Å². The minimum Gasteiger partial charge on any atom is -0.444 e. The van der Waals surface area contributed by atoms with Crippen LogP contribution in [0.15, 0.2) is 0 Å². The topological polar surface area (TPSA) is 49.8 Å². The molecule has 2 fully saturated rings. The van der Waals surface area contributed by atoms with Crippen LogP contribution in [0.25, 0.3) is 0 Å². The minimum atomic E-state index is -0.437. The lowest BCUT2D eigenvalue weighted by atomic mass is 9.74. The molecular weight excluding hydrogens is 266 g/mol. The highest BCUT2D eigenvalue weighted by Crippen LogP contribution is 2.48. The zero-order valence-electron chi connectivity index (χ0n) is 14.6. The van der Waals surface area contributed by atoms with Crippen molar-refractivity contribution in [2.24, 2.45) is 11.3 Å². The van der Waals surface area contributed by atoms with Gasteiger partial charge in [0.1, 0.15) is 5.60 Å². The van der Waals surface area contributed by atoms with Gasteiger partial charge in [-0.2, -0.15) is 0 Å². The number of piperidine rings is 1. The van der Waals surface area contributed by atoms with Gasteiger partial charge in [0.15, 0.2) is 0 Å². The molecule has 0 aromatic carbocycles. The fourth-order valence-corrected chi connectivity index (χ4v) is 3.43. The van der Waals surface area contributed by atoms with Crippen molar-refractivity contribution < 1.29 is 14.6 Å². The van der Waals surface area contributed by atoms with Gasteiger partial charge in [-0.1, -0.05) is 20.8 Å². The van der Waals surface area contributed by atoms with E-state index < -0.39 is 5.60 Å². The Morgan fingerprint density at radius 3 is 2.10 bits per heavy atom. The van der Waals surface area contributed by atoms with Crippen LogP contribution in [-0.4, -0.2) is 40.9 Å². The number of aliphatic hydroxyl groups excluding tert-OH is 1. The highest BCUT2D eigenvalue weighted by atomic mass is 16.6. The average molecular weight is 299 g/mol. The van der Waals surface area contributed by atoms with E-state index in [2.05, 4.69) is 6.92 Å². The van der Waals surface area contributed by atoms with Crippen LogP contribution in [0.2, 0.25) is 0 Å². The lowest BCUT2D eigenvalue weighted by molar-refractivity contribution is -0.0277. The number of rotatable bonds is 0. The molecule has 0 aromatic heterocycles. The third kappa shape index (κ3) is 4.35. The van der Waals surface area contributed by atoms with Gasteiger partial charge < -0.3 is 14.7 Å². The summed E-state index contributed by atoms with van der Waals surface area (Å²) in [5, 5.41) is 10.3. The van der Waals surface area contributed by atoms with Crippen molar-refractivity contribution in [2.45, 2.75) is 78.9 Å². The van der Waals surface area contributed by atoms with Crippen LogP contribution >= 0.6 is 0 Å². The van der Waals surface area contributed by atoms with E-state index in [9.17, 15) is 9.90 Å². The summed E-state index contributed by atoms with van der Waals surface area (Å²) in [5.74, 6) is 0.396. The Morgan fingerprint density at radius 2 is 1.71 bits per heavy atom. The largest absolute Gasteiger partial charge is 0.444 e. The lowest BCUT2D eigenvalue weighted by Crippen LogP contribution is -2.48. The van der Waals surface area contributed by atoms with Crippen LogP contribution in [0.4, 0.5) is 4.79 Å². The summed E-state index contributed by atoms with van der Waals surface area (Å²) in [6.07, 6.45) is 3.58. The highest BCUT2D eigenvalue weighted by molar-refractivity contribution is 5.68. The van der Waals surface area contributed by atoms with E-state index in [-0.39, 0.29) is 17.6 Å². The van der Waals surface area contributed by atoms with E-state index in [4.69, 9.17) is 4.74 Å². The number of hydrogen-bond acceptors (Lipinski definition) is 3. The van der Waals surface area contributed by atoms with Gasteiger partial charge >= 0.3 is 6.09 Å². The molecule has 1 heterocycles. The second kappa shape index (κ2) is 6.99. The predicted octanol–water partition coefficient (Wildman–Crippen LogP) is 3.82. The molecule has 2 rings (SSSR count). The quantitative estimate of drug-likeness (QED) is 0.739. The third-order valence-corrected chi connectivity index (χ3v) is 4.67. The van der Waals surface area contributed by atoms with Crippen molar-refractivity contribution in [3.8, 4) is 0 Å². The first-order chi connectivity index (χ1) is 9.73. The van der Waals surface area contributed by atoms with Gasteiger partial charge in [0, 0.05) is 13.1 Å². The fourth-order valence-electron chi connectivity index (χ4n) is 3.43. The van der Waals surface area contributed by atoms with Crippen LogP contribution in [0.3, 0.4) is 0 Å². The number of nitrogens with zero attached hydrogens (tertiary/aromatic N) is 1. The molecule has 0 radical (unpaired) electrons. The SMILES string of the molecule is CC.CC1CCC2(CCN(C(=O)OC(C)(C)C)CC2)C1O. The van der Waals surface area contributed by atoms with Crippen LogP contribution in [0.1, 0.15) is 67.2 Å². The highest BCUT2D eigenvalue weighted by Gasteiger charge is 2.48. The standard InChI is InChI=1S/C15H27NO3.C2H6/c1-11-5-6-15(12(11)17)7-9-16(10-8-15)13(18)19-14(2,3)4;1-2/h11-12,17H,5-10H2,1-4H3;1-2H3. The van der Waals surface area contributed by atoms with Crippen molar-refractivity contribution in [1.82, 2.24) is 4.90 Å². The molecule has 0 aromatic rings. The predicted molar refractivity (Wildman–Crippen MR) is 85.2 cm³/mol. The van der Waals surface area contributed by atoms with Crippen LogP contribution in [0.5, 0.6) is 0 Å². The molecule has 1 saturated heterocycles. The first kappa shape index (κ1) is 18.3. The number of carbonyl (C=O) groups is 1. The number of ether oxygens (including phenoxy) is 1. The van der Waals surface area contributed by atoms with Crippen molar-refractivity contribution >= 4 is 6.09 Å². The van der Waals surface area contributed by atoms with Gasteiger partial charge in [-0.05, 0) is 57.8 Å². The zero-order valence-corrected chi connectivity index (χ0v) is 14.6. The normalized spacial score (nSPS) is 28.0. The van der Waals surface area contributed by atoms with Crippen molar-refractivity contribution in [3.63, 3.8) is 0 Å². The molecule has 124 valence electrons. The van der Waals surface area contributed by atoms with E-state index in [1.54, 1.807) is 4.90 Å². The molecule has 4 heteroatoms. The first-order valence-electron chi connectivity index (χ1n) is 8.39. The molecule has 1 spiro atoms. The van der Waals surface area contributed by atoms with E-state index in [0.717, 1.165) is 25.7 Å². The Labute approximate surface area is 129 Å². The number of likely N-dealkylation sites (tertiary alicyclic amines) is 1. The van der Waals surface area contributed by atoms with Crippen molar-refractivity contribution in [1.29, 1.82) is 0 Å². The van der Waals surface area contributed by atoms with Gasteiger partial charge in [-0.15, -0.1) is 0 Å². The first-order valence-corrected chi connectivity index (χ1v) is 8.39. The van der Waals surface area contributed by atoms with E-state index in [1.807, 2.05) is 34.6 Å². The minimum absolute atomic E-state index is 0.0535. The van der Waals surface area contributed by atoms with Gasteiger partial charge in [-0.3, -0.25) is 0 Å². The van der Waals surface area contributed by atoms with Crippen LogP contribution in [-0.2, 0) is 4.74 Å². The Hall–Kier alpha value is -0.770. The molecule has 0 bridgehead atoms. The van der Waals surface area contributed by atoms with Gasteiger partial charge in [0.25, 0.3) is 0 Å². The van der Waals surface area contributed by atoms with Gasteiger partial charge in [-0.25, -0.2) is 4.79 Å². The van der Waals surface area contributed by atoms with E-state index in [0.29, 0.717) is 19.0 Å². The summed E-state index contributed by atoms with van der Waals surface area (Å²) in [6.45, 7) is 13.2. The Kier molecular flexibility index (Phi) is 6.09. The third-order valence-electron chi connectivity index (χ3n) is 4.67. The number of carbonyl (C=O) groups excluding carboxylic acids is 1. The smallest absolute Gasteiger partial charge is 0.410 e. The fraction of sp³-hybridized carbons (Fsp3) is 0.941. The Balaban J connectivity index is 0.00000106. The van der Waals surface area contributed by atoms with Crippen molar-refractivity contribution in [2.75, 3.05) is 13.1 Å². The average Bonchev–Trinajstić information content (AvgIpc) is 2.69. The summed E-state index contributed by atoms with van der Waals surface area (Å²) < 4.78 is 5.40. The maximum atomic E-state index is 12.0. The van der Waals surface area contributed by atoms with Crippen LogP contribution < -0.4 is 0 Å². The van der Waals surface area contributed by atoms with Crippen molar-refractivity contribution in [3.05, 3.63) is 0 Å². The molecule has 1 aliphatic carbocycles. The molecule has 1 amide bonds. The molecule has 21 heavy (non-hydrogen) atoms. The Bertz CT molecular complexity index is 340. The monoisotopic (exact) mass is 299 g/mol. The molecule has 2 unspecified atom stereocenters. The molecule has 1 N–H and O–H groups in total. The molecule has 1 saturated carbocycles. The maximum Gasteiger partial charge on any atom is 0.410 e. The number of amides is 1. The summed E-state index contributed by atoms with van der Waals surface area (Å²) in [4.78, 5) is 13.8. The number of hydrogen-bond donors (Lipinski definition) is 1. The molecule has 4 nitrogen and oxygen atoms in total. The zero-order chi connectivity index (χ0) is 16.3. The molecule has 2 atom stereocenters. The summed E-state index contributed by atoms with van der Waals surface area (Å²) in [5.41, 5.74) is -0.383. The maximum absolute atomic E-state index is 12.0. The Morgan fingerprint density at radius 1 is 1.19 bits per heavy atom. The van der Waals surface area contributed by atoms with Crippen LogP contribution in [0, 0.1) is 11.3 Å². The summed E-state index contributed by atoms with van der Waals surface area (Å²) in [6, 6.07) is 0. The number of aliphatic hydroxyl groups is 1.